The van der Waals surface area contributed by atoms with Crippen molar-refractivity contribution in [1.29, 1.82) is 0 Å². The fourth-order valence-corrected chi connectivity index (χ4v) is 4.03. The average Bonchev–Trinajstić information content (AvgIpc) is 3.23. The molecule has 1 saturated heterocycles. The molecule has 1 aliphatic rings. The first-order valence-electron chi connectivity index (χ1n) is 10.2. The number of carbonyl (C=O) groups excluding carboxylic acids is 1. The van der Waals surface area contributed by atoms with Crippen molar-refractivity contribution >= 4 is 5.91 Å². The van der Waals surface area contributed by atoms with E-state index in [2.05, 4.69) is 34.2 Å². The van der Waals surface area contributed by atoms with Gasteiger partial charge in [-0.2, -0.15) is 0 Å². The fourth-order valence-electron chi connectivity index (χ4n) is 4.03. The van der Waals surface area contributed by atoms with Crippen LogP contribution in [0.2, 0.25) is 0 Å². The van der Waals surface area contributed by atoms with Gasteiger partial charge in [-0.1, -0.05) is 12.1 Å². The first-order chi connectivity index (χ1) is 14.5. The van der Waals surface area contributed by atoms with Crippen LogP contribution in [0.25, 0.3) is 0 Å². The minimum atomic E-state index is -0.0809. The molecular weight excluding hydrogens is 376 g/mol. The largest absolute Gasteiger partial charge is 0.497 e. The first kappa shape index (κ1) is 20.0. The van der Waals surface area contributed by atoms with Gasteiger partial charge in [0.2, 0.25) is 0 Å². The molecule has 0 N–H and O–H groups in total. The summed E-state index contributed by atoms with van der Waals surface area (Å²) in [5.41, 5.74) is 5.45. The number of ether oxygens (including phenoxy) is 1. The normalized spacial score (nSPS) is 16.0. The molecule has 154 valence electrons. The topological polar surface area (TPSA) is 68.2 Å². The third kappa shape index (κ3) is 4.32. The molecule has 6 heteroatoms. The second-order valence-electron chi connectivity index (χ2n) is 7.77. The third-order valence-corrected chi connectivity index (χ3v) is 5.43. The van der Waals surface area contributed by atoms with E-state index in [1.54, 1.807) is 19.5 Å². The maximum absolute atomic E-state index is 13.1. The molecule has 6 nitrogen and oxygen atoms in total. The molecule has 1 aromatic carbocycles. The molecule has 0 aliphatic carbocycles. The van der Waals surface area contributed by atoms with Crippen LogP contribution >= 0.6 is 0 Å². The molecule has 1 aliphatic heterocycles. The number of methoxy groups -OCH3 is 1. The number of nitrogens with zero attached hydrogens (tertiary/aromatic N) is 4. The van der Waals surface area contributed by atoms with E-state index in [4.69, 9.17) is 9.72 Å². The monoisotopic (exact) mass is 402 g/mol. The molecule has 0 spiro atoms. The predicted octanol–water partition coefficient (Wildman–Crippen LogP) is 4.07. The van der Waals surface area contributed by atoms with Gasteiger partial charge < -0.3 is 9.64 Å². The van der Waals surface area contributed by atoms with E-state index in [1.807, 2.05) is 30.9 Å². The predicted molar refractivity (Wildman–Crippen MR) is 115 cm³/mol. The Morgan fingerprint density at radius 2 is 1.97 bits per heavy atom. The van der Waals surface area contributed by atoms with E-state index in [-0.39, 0.29) is 11.9 Å². The summed E-state index contributed by atoms with van der Waals surface area (Å²) >= 11 is 0. The number of rotatable bonds is 5. The van der Waals surface area contributed by atoms with Crippen molar-refractivity contribution in [2.24, 2.45) is 0 Å². The van der Waals surface area contributed by atoms with Gasteiger partial charge in [0, 0.05) is 18.4 Å². The van der Waals surface area contributed by atoms with Crippen LogP contribution in [0, 0.1) is 13.8 Å². The molecule has 0 saturated carbocycles. The number of benzene rings is 1. The third-order valence-electron chi connectivity index (χ3n) is 5.43. The van der Waals surface area contributed by atoms with Crippen LogP contribution in [-0.4, -0.2) is 39.4 Å². The molecule has 1 fully saturated rings. The van der Waals surface area contributed by atoms with Gasteiger partial charge in [-0.05, 0) is 68.5 Å². The van der Waals surface area contributed by atoms with Gasteiger partial charge in [0.05, 0.1) is 30.7 Å². The number of amides is 1. The summed E-state index contributed by atoms with van der Waals surface area (Å²) in [7, 11) is 1.68. The summed E-state index contributed by atoms with van der Waals surface area (Å²) in [6.07, 6.45) is 5.84. The quantitative estimate of drug-likeness (QED) is 0.644. The zero-order valence-electron chi connectivity index (χ0n) is 17.6. The molecule has 1 amide bonds. The van der Waals surface area contributed by atoms with Crippen LogP contribution in [0.15, 0.2) is 48.8 Å². The maximum Gasteiger partial charge on any atom is 0.274 e. The molecule has 3 heterocycles. The Morgan fingerprint density at radius 1 is 1.10 bits per heavy atom. The van der Waals surface area contributed by atoms with Crippen LogP contribution in [0.1, 0.15) is 57.6 Å². The van der Waals surface area contributed by atoms with Gasteiger partial charge >= 0.3 is 0 Å². The zero-order valence-corrected chi connectivity index (χ0v) is 17.6. The number of likely N-dealkylation sites (tertiary alicyclic amines) is 1. The summed E-state index contributed by atoms with van der Waals surface area (Å²) in [6, 6.07) is 12.3. The van der Waals surface area contributed by atoms with Crippen molar-refractivity contribution in [2.75, 3.05) is 13.7 Å². The Morgan fingerprint density at radius 3 is 2.73 bits per heavy atom. The van der Waals surface area contributed by atoms with Gasteiger partial charge in [-0.3, -0.25) is 14.8 Å². The summed E-state index contributed by atoms with van der Waals surface area (Å²) in [6.45, 7) is 4.57. The summed E-state index contributed by atoms with van der Waals surface area (Å²) in [5.74, 6) is 0.771. The number of aromatic nitrogens is 3. The first-order valence-corrected chi connectivity index (χ1v) is 10.2. The Labute approximate surface area is 177 Å². The van der Waals surface area contributed by atoms with Crippen molar-refractivity contribution in [3.8, 4) is 5.75 Å². The van der Waals surface area contributed by atoms with Crippen molar-refractivity contribution in [1.82, 2.24) is 19.9 Å². The molecule has 30 heavy (non-hydrogen) atoms. The lowest BCUT2D eigenvalue weighted by Gasteiger charge is -2.24. The van der Waals surface area contributed by atoms with Crippen molar-refractivity contribution < 1.29 is 9.53 Å². The van der Waals surface area contributed by atoms with Crippen LogP contribution in [0.5, 0.6) is 5.75 Å². The molecule has 0 radical (unpaired) electrons. The van der Waals surface area contributed by atoms with E-state index in [0.717, 1.165) is 42.1 Å². The van der Waals surface area contributed by atoms with Gasteiger partial charge in [-0.15, -0.1) is 0 Å². The van der Waals surface area contributed by atoms with Gasteiger partial charge in [-0.25, -0.2) is 4.98 Å². The summed E-state index contributed by atoms with van der Waals surface area (Å²) in [4.78, 5) is 28.2. The fraction of sp³-hybridized carbons (Fsp3) is 0.333. The molecule has 0 bridgehead atoms. The summed E-state index contributed by atoms with van der Waals surface area (Å²) < 4.78 is 5.34. The molecule has 0 unspecified atom stereocenters. The summed E-state index contributed by atoms with van der Waals surface area (Å²) in [5, 5.41) is 0. The highest BCUT2D eigenvalue weighted by Crippen LogP contribution is 2.33. The van der Waals surface area contributed by atoms with E-state index in [0.29, 0.717) is 12.2 Å². The van der Waals surface area contributed by atoms with Crippen LogP contribution in [-0.2, 0) is 6.42 Å². The molecular formula is C24H26N4O2. The number of aryl methyl sites for hydroxylation is 2. The van der Waals surface area contributed by atoms with Crippen molar-refractivity contribution in [2.45, 2.75) is 39.2 Å². The smallest absolute Gasteiger partial charge is 0.274 e. The van der Waals surface area contributed by atoms with Crippen molar-refractivity contribution in [3.05, 3.63) is 82.7 Å². The highest BCUT2D eigenvalue weighted by Gasteiger charge is 2.32. The SMILES string of the molecule is COc1cccc(Cc2cc(C)nc([C@@H]3CCCN3C(=O)c3cnc(C)cn3)c2)c1. The Kier molecular flexibility index (Phi) is 5.74. The van der Waals surface area contributed by atoms with E-state index in [9.17, 15) is 4.79 Å². The second-order valence-corrected chi connectivity index (χ2v) is 7.77. The highest BCUT2D eigenvalue weighted by molar-refractivity contribution is 5.92. The Balaban J connectivity index is 1.59. The zero-order chi connectivity index (χ0) is 21.1. The van der Waals surface area contributed by atoms with Crippen molar-refractivity contribution in [3.63, 3.8) is 0 Å². The number of hydrogen-bond acceptors (Lipinski definition) is 5. The lowest BCUT2D eigenvalue weighted by Crippen LogP contribution is -2.31. The lowest BCUT2D eigenvalue weighted by atomic mass is 10.0. The highest BCUT2D eigenvalue weighted by atomic mass is 16.5. The maximum atomic E-state index is 13.1. The molecule has 1 atom stereocenters. The molecule has 2 aromatic heterocycles. The van der Waals surface area contributed by atoms with Crippen LogP contribution in [0.3, 0.4) is 0 Å². The van der Waals surface area contributed by atoms with Gasteiger partial charge in [0.15, 0.2) is 0 Å². The second kappa shape index (κ2) is 8.61. The van der Waals surface area contributed by atoms with E-state index >= 15 is 0 Å². The number of hydrogen-bond donors (Lipinski definition) is 0. The molecule has 4 rings (SSSR count). The van der Waals surface area contributed by atoms with Crippen LogP contribution in [0.4, 0.5) is 0 Å². The molecule has 3 aromatic rings. The average molecular weight is 402 g/mol. The Hall–Kier alpha value is -3.28. The minimum absolute atomic E-state index is 0.0374. The van der Waals surface area contributed by atoms with Gasteiger partial charge in [0.1, 0.15) is 11.4 Å². The number of carbonyl (C=O) groups is 1. The Bertz CT molecular complexity index is 1050. The number of pyridine rings is 1. The van der Waals surface area contributed by atoms with E-state index in [1.165, 1.54) is 11.1 Å². The van der Waals surface area contributed by atoms with Gasteiger partial charge in [0.25, 0.3) is 5.91 Å². The van der Waals surface area contributed by atoms with E-state index < -0.39 is 0 Å². The lowest BCUT2D eigenvalue weighted by molar-refractivity contribution is 0.0726. The minimum Gasteiger partial charge on any atom is -0.497 e. The standard InChI is InChI=1S/C24H26N4O2/c1-16-10-19(11-18-6-4-7-20(12-18)30-3)13-21(27-16)23-8-5-9-28(23)24(29)22-15-25-17(2)14-26-22/h4,6-7,10,12-15,23H,5,8-9,11H2,1-3H3/t23-/m0/s1. The van der Waals surface area contributed by atoms with Crippen LogP contribution < -0.4 is 4.74 Å².